The van der Waals surface area contributed by atoms with Crippen molar-refractivity contribution in [3.05, 3.63) is 48.0 Å². The molecule has 0 saturated heterocycles. The maximum atomic E-state index is 10.4. The Morgan fingerprint density at radius 1 is 1.03 bits per heavy atom. The Balaban J connectivity index is 0.000000801. The Bertz CT molecular complexity index is 836. The van der Waals surface area contributed by atoms with Gasteiger partial charge in [-0.1, -0.05) is 30.3 Å². The van der Waals surface area contributed by atoms with Gasteiger partial charge in [0, 0.05) is 17.7 Å². The second-order valence-electron chi connectivity index (χ2n) is 6.89. The van der Waals surface area contributed by atoms with Crippen molar-refractivity contribution in [2.45, 2.75) is 19.6 Å². The first-order valence-corrected chi connectivity index (χ1v) is 10.2. The van der Waals surface area contributed by atoms with E-state index < -0.39 is 18.0 Å². The molecule has 0 saturated carbocycles. The molecule has 2 unspecified atom stereocenters. The van der Waals surface area contributed by atoms with Gasteiger partial charge in [-0.05, 0) is 6.92 Å². The van der Waals surface area contributed by atoms with Gasteiger partial charge in [-0.2, -0.15) is 0 Å². The van der Waals surface area contributed by atoms with E-state index in [9.17, 15) is 5.11 Å². The zero-order valence-corrected chi connectivity index (χ0v) is 19.2. The van der Waals surface area contributed by atoms with Gasteiger partial charge < -0.3 is 44.0 Å². The van der Waals surface area contributed by atoms with Crippen molar-refractivity contribution < 1.29 is 48.8 Å². The van der Waals surface area contributed by atoms with Crippen LogP contribution in [0.3, 0.4) is 0 Å². The molecule has 2 aromatic rings. The number of carboxylic acid groups (broad SMARTS) is 2. The Morgan fingerprint density at radius 3 is 2.00 bits per heavy atom. The molecule has 33 heavy (non-hydrogen) atoms. The highest BCUT2D eigenvalue weighted by molar-refractivity contribution is 6.26. The van der Waals surface area contributed by atoms with Crippen molar-refractivity contribution in [1.29, 1.82) is 0 Å². The molecule has 0 radical (unpaired) electrons. The first-order valence-electron chi connectivity index (χ1n) is 10.2. The smallest absolute Gasteiger partial charge is 0.351 e. The minimum Gasteiger partial charge on any atom is -0.539 e. The van der Waals surface area contributed by atoms with Gasteiger partial charge in [0.15, 0.2) is 17.5 Å². The number of carbonyl (C=O) groups excluding carboxylic acids is 1. The highest BCUT2D eigenvalue weighted by Gasteiger charge is 2.17. The van der Waals surface area contributed by atoms with Crippen LogP contribution in [-0.4, -0.2) is 69.3 Å². The van der Waals surface area contributed by atoms with E-state index >= 15 is 0 Å². The number of aliphatic hydroxyl groups is 1. The molecule has 182 valence electrons. The quantitative estimate of drug-likeness (QED) is 0.371. The molecule has 2 rings (SSSR count). The van der Waals surface area contributed by atoms with Crippen LogP contribution >= 0.6 is 0 Å². The lowest BCUT2D eigenvalue weighted by atomic mass is 10.2. The van der Waals surface area contributed by atoms with Gasteiger partial charge in [0.25, 0.3) is 0 Å². The predicted molar refractivity (Wildman–Crippen MR) is 117 cm³/mol. The Hall–Kier alpha value is -3.50. The van der Waals surface area contributed by atoms with Gasteiger partial charge in [-0.25, -0.2) is 4.79 Å². The van der Waals surface area contributed by atoms with Crippen molar-refractivity contribution in [2.75, 3.05) is 41.0 Å². The number of carboxylic acids is 2. The number of aliphatic carboxylic acids is 2. The number of methoxy groups -OCH3 is 3. The molecule has 10 heteroatoms. The third-order valence-corrected chi connectivity index (χ3v) is 4.58. The Labute approximate surface area is 192 Å². The minimum atomic E-state index is -2.07. The monoisotopic (exact) mass is 465 g/mol. The van der Waals surface area contributed by atoms with E-state index in [1.54, 1.807) is 33.5 Å². The second-order valence-corrected chi connectivity index (χ2v) is 6.89. The average Bonchev–Trinajstić information content (AvgIpc) is 2.82. The molecule has 0 fully saturated rings. The number of aliphatic hydroxyl groups excluding tert-OH is 1. The number of hydrogen-bond acceptors (Lipinski definition) is 8. The summed E-state index contributed by atoms with van der Waals surface area (Å²) in [5.41, 5.74) is 1.26. The molecule has 0 bridgehead atoms. The molecule has 2 atom stereocenters. The van der Waals surface area contributed by atoms with Crippen LogP contribution in [0.4, 0.5) is 0 Å². The van der Waals surface area contributed by atoms with E-state index in [4.69, 9.17) is 38.7 Å². The molecule has 10 nitrogen and oxygen atoms in total. The highest BCUT2D eigenvalue weighted by atomic mass is 16.5. The van der Waals surface area contributed by atoms with Crippen LogP contribution in [0.5, 0.6) is 23.0 Å². The van der Waals surface area contributed by atoms with Gasteiger partial charge in [-0.3, -0.25) is 0 Å². The molecule has 2 aromatic carbocycles. The fourth-order valence-electron chi connectivity index (χ4n) is 2.95. The number of hydrogen-bond donors (Lipinski definition) is 3. The van der Waals surface area contributed by atoms with E-state index in [-0.39, 0.29) is 6.61 Å². The maximum absolute atomic E-state index is 10.4. The van der Waals surface area contributed by atoms with Gasteiger partial charge in [-0.15, -0.1) is 0 Å². The standard InChI is InChI=1S/C21H29NO5.C2H2O4/c1-5-22(13-16-9-7-6-8-10-16)14-17(23)15-27-18-11-19(24-2)21(26-4)20(12-18)25-3;3-1(4)2(5)6/h6-12,17,23H,5,13-15H2,1-4H3;(H,3,4)(H,5,6). The molecule has 3 N–H and O–H groups in total. The highest BCUT2D eigenvalue weighted by Crippen LogP contribution is 2.40. The number of ether oxygens (including phenoxy) is 4. The van der Waals surface area contributed by atoms with Crippen molar-refractivity contribution in [3.63, 3.8) is 0 Å². The van der Waals surface area contributed by atoms with Crippen LogP contribution in [0.25, 0.3) is 0 Å². The summed E-state index contributed by atoms with van der Waals surface area (Å²) in [7, 11) is 4.67. The summed E-state index contributed by atoms with van der Waals surface area (Å²) in [5, 5.41) is 26.7. The molecule has 0 amide bonds. The van der Waals surface area contributed by atoms with Crippen LogP contribution in [-0.2, 0) is 16.1 Å². The molecule has 0 heterocycles. The second kappa shape index (κ2) is 14.5. The number of benzene rings is 2. The zero-order chi connectivity index (χ0) is 24.8. The van der Waals surface area contributed by atoms with Crippen molar-refractivity contribution >= 4 is 11.9 Å². The average molecular weight is 465 g/mol. The SMILES string of the molecule is CC[NH+](Cc1ccccc1)CC(O)COc1cc(OC)c(OC)c(OC)c1.O=C([O-])C(=O)O. The van der Waals surface area contributed by atoms with Crippen molar-refractivity contribution in [3.8, 4) is 23.0 Å². The molecular formula is C23H31NO9. The lowest BCUT2D eigenvalue weighted by molar-refractivity contribution is -0.915. The molecule has 0 aliphatic carbocycles. The summed E-state index contributed by atoms with van der Waals surface area (Å²) in [4.78, 5) is 19.3. The number of likely N-dealkylation sites (N-methyl/N-ethyl adjacent to an activating group) is 1. The van der Waals surface area contributed by atoms with Crippen LogP contribution in [0.1, 0.15) is 12.5 Å². The van der Waals surface area contributed by atoms with E-state index in [0.29, 0.717) is 29.5 Å². The fraction of sp³-hybridized carbons (Fsp3) is 0.391. The summed E-state index contributed by atoms with van der Waals surface area (Å²) in [6, 6.07) is 13.7. The largest absolute Gasteiger partial charge is 0.539 e. The van der Waals surface area contributed by atoms with E-state index in [1.165, 1.54) is 10.5 Å². The number of rotatable bonds is 11. The summed E-state index contributed by atoms with van der Waals surface area (Å²) < 4.78 is 21.7. The van der Waals surface area contributed by atoms with Crippen LogP contribution in [0.2, 0.25) is 0 Å². The fourth-order valence-corrected chi connectivity index (χ4v) is 2.95. The molecule has 0 aromatic heterocycles. The molecular weight excluding hydrogens is 434 g/mol. The summed E-state index contributed by atoms with van der Waals surface area (Å²) in [6.07, 6.45) is -0.581. The summed E-state index contributed by atoms with van der Waals surface area (Å²) in [6.45, 7) is 4.71. The predicted octanol–water partition coefficient (Wildman–Crippen LogP) is -0.622. The first-order chi connectivity index (χ1) is 15.7. The van der Waals surface area contributed by atoms with Gasteiger partial charge in [0.05, 0.1) is 27.9 Å². The molecule has 0 aliphatic heterocycles. The number of nitrogens with one attached hydrogen (secondary N) is 1. The van der Waals surface area contributed by atoms with Gasteiger partial charge in [0.1, 0.15) is 31.5 Å². The summed E-state index contributed by atoms with van der Waals surface area (Å²) >= 11 is 0. The van der Waals surface area contributed by atoms with Gasteiger partial charge in [0.2, 0.25) is 5.75 Å². The minimum absolute atomic E-state index is 0.191. The molecule has 0 spiro atoms. The Morgan fingerprint density at radius 2 is 1.58 bits per heavy atom. The van der Waals surface area contributed by atoms with Crippen molar-refractivity contribution in [2.24, 2.45) is 0 Å². The first kappa shape index (κ1) is 27.5. The van der Waals surface area contributed by atoms with E-state index in [2.05, 4.69) is 19.1 Å². The number of quaternary nitrogens is 1. The van der Waals surface area contributed by atoms with Crippen molar-refractivity contribution in [1.82, 2.24) is 0 Å². The molecule has 0 aliphatic rings. The van der Waals surface area contributed by atoms with Crippen LogP contribution in [0, 0.1) is 0 Å². The number of carbonyl (C=O) groups is 2. The third kappa shape index (κ3) is 9.67. The van der Waals surface area contributed by atoms with Gasteiger partial charge >= 0.3 is 5.97 Å². The lowest BCUT2D eigenvalue weighted by Gasteiger charge is -2.21. The normalized spacial score (nSPS) is 11.9. The lowest BCUT2D eigenvalue weighted by Crippen LogP contribution is -3.11. The Kier molecular flexibility index (Phi) is 12.1. The summed E-state index contributed by atoms with van der Waals surface area (Å²) in [5.74, 6) is -1.90. The third-order valence-electron chi connectivity index (χ3n) is 4.58. The maximum Gasteiger partial charge on any atom is 0.351 e. The zero-order valence-electron chi connectivity index (χ0n) is 19.2. The van der Waals surface area contributed by atoms with E-state index in [0.717, 1.165) is 13.1 Å². The van der Waals surface area contributed by atoms with Crippen LogP contribution in [0.15, 0.2) is 42.5 Å². The van der Waals surface area contributed by atoms with E-state index in [1.807, 2.05) is 18.2 Å². The van der Waals surface area contributed by atoms with Crippen LogP contribution < -0.4 is 29.0 Å². The topological polar surface area (TPSA) is 139 Å².